The van der Waals surface area contributed by atoms with Crippen molar-refractivity contribution < 1.29 is 14.1 Å². The van der Waals surface area contributed by atoms with Gasteiger partial charge in [0.2, 0.25) is 11.8 Å². The number of hydrogen-bond acceptors (Lipinski definition) is 5. The molecule has 1 aliphatic rings. The summed E-state index contributed by atoms with van der Waals surface area (Å²) in [6.07, 6.45) is 3.32. The average Bonchev–Trinajstić information content (AvgIpc) is 3.48. The Bertz CT molecular complexity index is 978. The van der Waals surface area contributed by atoms with E-state index in [0.717, 1.165) is 28.9 Å². The number of aryl methyl sites for hydroxylation is 1. The molecule has 0 radical (unpaired) electrons. The molecule has 2 N–H and O–H groups in total. The largest absolute Gasteiger partial charge is 0.361 e. The Hall–Kier alpha value is -3.42. The summed E-state index contributed by atoms with van der Waals surface area (Å²) in [7, 11) is 0. The van der Waals surface area contributed by atoms with E-state index in [2.05, 4.69) is 20.7 Å². The molecule has 1 aliphatic heterocycles. The molecule has 1 fully saturated rings. The number of aromatic amines is 1. The van der Waals surface area contributed by atoms with Crippen LogP contribution in [0.25, 0.3) is 11.3 Å². The number of benzene rings is 1. The Morgan fingerprint density at radius 2 is 2.10 bits per heavy atom. The Balaban J connectivity index is 1.33. The minimum atomic E-state index is -0.434. The van der Waals surface area contributed by atoms with E-state index in [-0.39, 0.29) is 18.2 Å². The zero-order valence-electron chi connectivity index (χ0n) is 16.2. The van der Waals surface area contributed by atoms with E-state index < -0.39 is 6.04 Å². The molecule has 0 unspecified atom stereocenters. The third-order valence-electron chi connectivity index (χ3n) is 5.11. The normalized spacial score (nSPS) is 16.2. The van der Waals surface area contributed by atoms with Crippen molar-refractivity contribution in [3.05, 3.63) is 59.6 Å². The number of carbonyl (C=O) groups excluding carboxylic acids is 2. The van der Waals surface area contributed by atoms with Crippen molar-refractivity contribution in [3.63, 3.8) is 0 Å². The van der Waals surface area contributed by atoms with Crippen LogP contribution in [0.3, 0.4) is 0 Å². The zero-order valence-corrected chi connectivity index (χ0v) is 16.2. The van der Waals surface area contributed by atoms with Crippen LogP contribution in [-0.4, -0.2) is 44.7 Å². The van der Waals surface area contributed by atoms with Gasteiger partial charge in [0.15, 0.2) is 0 Å². The van der Waals surface area contributed by atoms with Crippen LogP contribution in [0.2, 0.25) is 0 Å². The number of amides is 2. The SMILES string of the molecule is Cc1cc(CC(=O)N2CCC[C@H]2C(=O)NCc2ccc(-c3ccn[nH]3)cc2)on1. The number of rotatable bonds is 6. The van der Waals surface area contributed by atoms with Crippen LogP contribution < -0.4 is 5.32 Å². The van der Waals surface area contributed by atoms with Gasteiger partial charge in [-0.05, 0) is 37.0 Å². The van der Waals surface area contributed by atoms with Crippen molar-refractivity contribution in [2.24, 2.45) is 0 Å². The summed E-state index contributed by atoms with van der Waals surface area (Å²) < 4.78 is 5.13. The highest BCUT2D eigenvalue weighted by atomic mass is 16.5. The first kappa shape index (κ1) is 18.9. The second kappa shape index (κ2) is 8.30. The van der Waals surface area contributed by atoms with E-state index in [9.17, 15) is 9.59 Å². The molecule has 2 amide bonds. The lowest BCUT2D eigenvalue weighted by Crippen LogP contribution is -2.46. The molecule has 0 saturated carbocycles. The number of likely N-dealkylation sites (tertiary alicyclic amines) is 1. The van der Waals surface area contributed by atoms with Gasteiger partial charge in [-0.25, -0.2) is 0 Å². The molecule has 1 saturated heterocycles. The van der Waals surface area contributed by atoms with E-state index >= 15 is 0 Å². The molecule has 29 heavy (non-hydrogen) atoms. The molecule has 8 nitrogen and oxygen atoms in total. The standard InChI is InChI=1S/C21H23N5O3/c1-14-11-17(29-25-14)12-20(27)26-10-2-3-19(26)21(28)22-13-15-4-6-16(7-5-15)18-8-9-23-24-18/h4-9,11,19H,2-3,10,12-13H2,1H3,(H,22,28)(H,23,24)/t19-/m0/s1. The van der Waals surface area contributed by atoms with Crippen LogP contribution in [-0.2, 0) is 22.6 Å². The van der Waals surface area contributed by atoms with Crippen LogP contribution in [0.4, 0.5) is 0 Å². The van der Waals surface area contributed by atoms with E-state index in [1.807, 2.05) is 37.3 Å². The first-order chi connectivity index (χ1) is 14.1. The van der Waals surface area contributed by atoms with Gasteiger partial charge in [0, 0.05) is 25.4 Å². The van der Waals surface area contributed by atoms with Gasteiger partial charge in [0.05, 0.1) is 17.8 Å². The third kappa shape index (κ3) is 4.37. The molecular weight excluding hydrogens is 370 g/mol. The monoisotopic (exact) mass is 393 g/mol. The number of hydrogen-bond donors (Lipinski definition) is 2. The van der Waals surface area contributed by atoms with Gasteiger partial charge in [-0.3, -0.25) is 14.7 Å². The van der Waals surface area contributed by atoms with Crippen molar-refractivity contribution in [1.29, 1.82) is 0 Å². The predicted octanol–water partition coefficient (Wildman–Crippen LogP) is 2.22. The summed E-state index contributed by atoms with van der Waals surface area (Å²) in [5, 5.41) is 13.6. The molecule has 1 atom stereocenters. The average molecular weight is 393 g/mol. The van der Waals surface area contributed by atoms with E-state index in [1.165, 1.54) is 0 Å². The first-order valence-electron chi connectivity index (χ1n) is 9.68. The summed E-state index contributed by atoms with van der Waals surface area (Å²) in [6, 6.07) is 11.1. The summed E-state index contributed by atoms with van der Waals surface area (Å²) in [5.41, 5.74) is 3.71. The molecule has 8 heteroatoms. The lowest BCUT2D eigenvalue weighted by molar-refractivity contribution is -0.138. The first-order valence-corrected chi connectivity index (χ1v) is 9.68. The van der Waals surface area contributed by atoms with Crippen LogP contribution in [0.15, 0.2) is 47.1 Å². The maximum absolute atomic E-state index is 12.7. The summed E-state index contributed by atoms with van der Waals surface area (Å²) in [5.74, 6) is 0.292. The van der Waals surface area contributed by atoms with Crippen molar-refractivity contribution in [3.8, 4) is 11.3 Å². The quantitative estimate of drug-likeness (QED) is 0.668. The fourth-order valence-corrected chi connectivity index (χ4v) is 3.61. The molecule has 2 aromatic heterocycles. The van der Waals surface area contributed by atoms with Crippen LogP contribution in [0.1, 0.15) is 29.9 Å². The molecule has 3 aromatic rings. The van der Waals surface area contributed by atoms with Gasteiger partial charge in [-0.1, -0.05) is 29.4 Å². The summed E-state index contributed by atoms with van der Waals surface area (Å²) in [4.78, 5) is 27.0. The predicted molar refractivity (Wildman–Crippen MR) is 106 cm³/mol. The molecule has 150 valence electrons. The Morgan fingerprint density at radius 1 is 1.28 bits per heavy atom. The second-order valence-corrected chi connectivity index (χ2v) is 7.24. The van der Waals surface area contributed by atoms with E-state index in [1.54, 1.807) is 17.2 Å². The number of nitrogens with one attached hydrogen (secondary N) is 2. The zero-order chi connectivity index (χ0) is 20.2. The fraction of sp³-hybridized carbons (Fsp3) is 0.333. The number of H-pyrrole nitrogens is 1. The maximum Gasteiger partial charge on any atom is 0.243 e. The van der Waals surface area contributed by atoms with E-state index in [4.69, 9.17) is 4.52 Å². The summed E-state index contributed by atoms with van der Waals surface area (Å²) in [6.45, 7) is 2.82. The van der Waals surface area contributed by atoms with Crippen molar-refractivity contribution in [2.45, 2.75) is 38.8 Å². The maximum atomic E-state index is 12.7. The molecule has 4 rings (SSSR count). The number of nitrogens with zero attached hydrogens (tertiary/aromatic N) is 3. The molecule has 0 spiro atoms. The number of aromatic nitrogens is 3. The van der Waals surface area contributed by atoms with Crippen LogP contribution >= 0.6 is 0 Å². The van der Waals surface area contributed by atoms with Gasteiger partial charge in [-0.2, -0.15) is 5.10 Å². The minimum absolute atomic E-state index is 0.109. The smallest absolute Gasteiger partial charge is 0.243 e. The van der Waals surface area contributed by atoms with E-state index in [0.29, 0.717) is 25.3 Å². The van der Waals surface area contributed by atoms with Gasteiger partial charge >= 0.3 is 0 Å². The minimum Gasteiger partial charge on any atom is -0.361 e. The van der Waals surface area contributed by atoms with Gasteiger partial charge in [0.1, 0.15) is 11.8 Å². The van der Waals surface area contributed by atoms with Gasteiger partial charge in [0.25, 0.3) is 0 Å². The van der Waals surface area contributed by atoms with Crippen LogP contribution in [0.5, 0.6) is 0 Å². The molecular formula is C21H23N5O3. The van der Waals surface area contributed by atoms with Gasteiger partial charge < -0.3 is 14.7 Å². The molecule has 0 bridgehead atoms. The fourth-order valence-electron chi connectivity index (χ4n) is 3.61. The van der Waals surface area contributed by atoms with Gasteiger partial charge in [-0.15, -0.1) is 0 Å². The van der Waals surface area contributed by atoms with Crippen LogP contribution in [0, 0.1) is 6.92 Å². The lowest BCUT2D eigenvalue weighted by atomic mass is 10.1. The Labute approximate surface area is 168 Å². The third-order valence-corrected chi connectivity index (χ3v) is 5.11. The molecule has 0 aliphatic carbocycles. The molecule has 3 heterocycles. The Kier molecular flexibility index (Phi) is 5.41. The van der Waals surface area contributed by atoms with Crippen molar-refractivity contribution in [2.75, 3.05) is 6.54 Å². The Morgan fingerprint density at radius 3 is 2.79 bits per heavy atom. The van der Waals surface area contributed by atoms with Crippen molar-refractivity contribution >= 4 is 11.8 Å². The lowest BCUT2D eigenvalue weighted by Gasteiger charge is -2.23. The molecule has 1 aromatic carbocycles. The second-order valence-electron chi connectivity index (χ2n) is 7.24. The van der Waals surface area contributed by atoms with Crippen molar-refractivity contribution in [1.82, 2.24) is 25.6 Å². The highest BCUT2D eigenvalue weighted by Gasteiger charge is 2.34. The highest BCUT2D eigenvalue weighted by Crippen LogP contribution is 2.20. The number of carbonyl (C=O) groups is 2. The topological polar surface area (TPSA) is 104 Å². The summed E-state index contributed by atoms with van der Waals surface area (Å²) >= 11 is 0. The highest BCUT2D eigenvalue weighted by molar-refractivity contribution is 5.88.